The van der Waals surface area contributed by atoms with E-state index >= 15 is 0 Å². The maximum Gasteiger partial charge on any atom is 0.334 e. The molecule has 0 radical (unpaired) electrons. The number of H-pyrrole nitrogens is 1. The van der Waals surface area contributed by atoms with E-state index in [-0.39, 0.29) is 22.5 Å². The molecule has 1 aromatic carbocycles. The van der Waals surface area contributed by atoms with Crippen molar-refractivity contribution in [1.82, 2.24) is 24.3 Å². The van der Waals surface area contributed by atoms with Crippen molar-refractivity contribution in [3.8, 4) is 5.69 Å². The lowest BCUT2D eigenvalue weighted by atomic mass is 10.1. The van der Waals surface area contributed by atoms with Crippen LogP contribution in [0.3, 0.4) is 0 Å². The van der Waals surface area contributed by atoms with Gasteiger partial charge in [0.1, 0.15) is 5.65 Å². The van der Waals surface area contributed by atoms with Gasteiger partial charge in [-0.1, -0.05) is 18.2 Å². The first-order valence-electron chi connectivity index (χ1n) is 9.15. The fraction of sp³-hybridized carbons (Fsp3) is 0.300. The van der Waals surface area contributed by atoms with Crippen molar-refractivity contribution in [2.45, 2.75) is 6.92 Å². The molecule has 1 aliphatic rings. The number of likely N-dealkylation sites (N-methyl/N-ethyl adjacent to an activating group) is 1. The van der Waals surface area contributed by atoms with Gasteiger partial charge in [0.2, 0.25) is 0 Å². The van der Waals surface area contributed by atoms with Gasteiger partial charge in [-0.25, -0.2) is 14.3 Å². The summed E-state index contributed by atoms with van der Waals surface area (Å²) in [6, 6.07) is 10.3. The second-order valence-corrected chi connectivity index (χ2v) is 7.04. The van der Waals surface area contributed by atoms with Crippen molar-refractivity contribution >= 4 is 16.9 Å². The van der Waals surface area contributed by atoms with E-state index < -0.39 is 11.2 Å². The summed E-state index contributed by atoms with van der Waals surface area (Å²) in [4.78, 5) is 49.8. The van der Waals surface area contributed by atoms with Gasteiger partial charge in [-0.05, 0) is 32.2 Å². The second-order valence-electron chi connectivity index (χ2n) is 7.04. The Labute approximate surface area is 161 Å². The lowest BCUT2D eigenvalue weighted by molar-refractivity contribution is 0.0666. The summed E-state index contributed by atoms with van der Waals surface area (Å²) in [6.45, 7) is 4.47. The van der Waals surface area contributed by atoms with Crippen LogP contribution in [0.1, 0.15) is 16.1 Å². The molecule has 28 heavy (non-hydrogen) atoms. The van der Waals surface area contributed by atoms with E-state index in [9.17, 15) is 14.4 Å². The van der Waals surface area contributed by atoms with Gasteiger partial charge in [-0.15, -0.1) is 0 Å². The molecule has 0 atom stereocenters. The molecule has 3 aromatic rings. The molecule has 3 heterocycles. The van der Waals surface area contributed by atoms with Crippen LogP contribution < -0.4 is 11.2 Å². The van der Waals surface area contributed by atoms with Crippen LogP contribution in [0.5, 0.6) is 0 Å². The van der Waals surface area contributed by atoms with Crippen molar-refractivity contribution in [3.05, 3.63) is 68.5 Å². The van der Waals surface area contributed by atoms with Gasteiger partial charge in [0.15, 0.2) is 0 Å². The largest absolute Gasteiger partial charge is 0.336 e. The van der Waals surface area contributed by atoms with E-state index in [4.69, 9.17) is 0 Å². The minimum absolute atomic E-state index is 0.137. The zero-order valence-electron chi connectivity index (χ0n) is 15.8. The first-order chi connectivity index (χ1) is 13.5. The summed E-state index contributed by atoms with van der Waals surface area (Å²) < 4.78 is 1.04. The molecule has 1 aliphatic heterocycles. The van der Waals surface area contributed by atoms with Gasteiger partial charge in [0.25, 0.3) is 11.5 Å². The number of aromatic nitrogens is 3. The molecule has 2 aromatic heterocycles. The Morgan fingerprint density at radius 2 is 1.75 bits per heavy atom. The number of aryl methyl sites for hydroxylation is 1. The number of benzene rings is 1. The third-order valence-electron chi connectivity index (χ3n) is 5.03. The first-order valence-corrected chi connectivity index (χ1v) is 9.15. The molecule has 0 saturated carbocycles. The standard InChI is InChI=1S/C20H21N5O3/c1-13-12-15(18(26)24-10-8-23(2)9-11-24)16-17(21-13)22-20(28)25(19(16)27)14-6-4-3-5-7-14/h3-7,12H,8-11H2,1-2H3,(H,21,22,28). The number of nitrogens with zero attached hydrogens (tertiary/aromatic N) is 4. The van der Waals surface area contributed by atoms with Crippen LogP contribution in [0.4, 0.5) is 0 Å². The maximum atomic E-state index is 13.2. The Bertz CT molecular complexity index is 1160. The van der Waals surface area contributed by atoms with Gasteiger partial charge in [-0.2, -0.15) is 0 Å². The summed E-state index contributed by atoms with van der Waals surface area (Å²) in [5, 5.41) is 0.137. The first kappa shape index (κ1) is 18.1. The molecule has 1 N–H and O–H groups in total. The number of pyridine rings is 1. The molecule has 0 spiro atoms. The number of amides is 1. The van der Waals surface area contributed by atoms with E-state index in [0.29, 0.717) is 24.5 Å². The Hall–Kier alpha value is -3.26. The van der Waals surface area contributed by atoms with Gasteiger partial charge in [0.05, 0.1) is 16.6 Å². The van der Waals surface area contributed by atoms with Crippen LogP contribution in [0.25, 0.3) is 16.7 Å². The number of piperazine rings is 1. The Kier molecular flexibility index (Phi) is 4.56. The monoisotopic (exact) mass is 379 g/mol. The SMILES string of the molecule is Cc1cc(C(=O)N2CCN(C)CC2)c2c(=O)n(-c3ccccc3)c(=O)[nH]c2n1. The van der Waals surface area contributed by atoms with Crippen LogP contribution in [-0.4, -0.2) is 63.5 Å². The summed E-state index contributed by atoms with van der Waals surface area (Å²) in [5.41, 5.74) is 0.291. The van der Waals surface area contributed by atoms with Crippen LogP contribution in [0.15, 0.2) is 46.0 Å². The van der Waals surface area contributed by atoms with Crippen LogP contribution in [-0.2, 0) is 0 Å². The van der Waals surface area contributed by atoms with Crippen LogP contribution in [0.2, 0.25) is 0 Å². The van der Waals surface area contributed by atoms with E-state index in [1.54, 1.807) is 48.2 Å². The highest BCUT2D eigenvalue weighted by molar-refractivity contribution is 6.05. The zero-order valence-corrected chi connectivity index (χ0v) is 15.8. The molecule has 1 fully saturated rings. The van der Waals surface area contributed by atoms with E-state index in [1.807, 2.05) is 7.05 Å². The summed E-state index contributed by atoms with van der Waals surface area (Å²) in [5.74, 6) is -0.215. The molecule has 8 nitrogen and oxygen atoms in total. The average molecular weight is 379 g/mol. The van der Waals surface area contributed by atoms with Crippen molar-refractivity contribution in [2.24, 2.45) is 0 Å². The summed E-state index contributed by atoms with van der Waals surface area (Å²) in [7, 11) is 2.01. The number of hydrogen-bond acceptors (Lipinski definition) is 5. The lowest BCUT2D eigenvalue weighted by Crippen LogP contribution is -2.47. The zero-order chi connectivity index (χ0) is 19.8. The second kappa shape index (κ2) is 7.05. The summed E-state index contributed by atoms with van der Waals surface area (Å²) >= 11 is 0. The molecular weight excluding hydrogens is 358 g/mol. The number of fused-ring (bicyclic) bond motifs is 1. The highest BCUT2D eigenvalue weighted by atomic mass is 16.2. The maximum absolute atomic E-state index is 13.2. The molecule has 144 valence electrons. The van der Waals surface area contributed by atoms with Crippen LogP contribution in [0, 0.1) is 6.92 Å². The highest BCUT2D eigenvalue weighted by Crippen LogP contribution is 2.17. The third kappa shape index (κ3) is 3.11. The quantitative estimate of drug-likeness (QED) is 0.710. The molecule has 1 saturated heterocycles. The molecule has 0 bridgehead atoms. The normalized spacial score (nSPS) is 15.1. The number of carbonyl (C=O) groups is 1. The van der Waals surface area contributed by atoms with Crippen molar-refractivity contribution < 1.29 is 4.79 Å². The Balaban J connectivity index is 1.93. The Morgan fingerprint density at radius 1 is 1.07 bits per heavy atom. The summed E-state index contributed by atoms with van der Waals surface area (Å²) in [6.07, 6.45) is 0. The average Bonchev–Trinajstić information content (AvgIpc) is 2.68. The van der Waals surface area contributed by atoms with E-state index in [1.165, 1.54) is 0 Å². The van der Waals surface area contributed by atoms with Gasteiger partial charge < -0.3 is 9.80 Å². The fourth-order valence-electron chi connectivity index (χ4n) is 3.50. The molecular formula is C20H21N5O3. The number of hydrogen-bond donors (Lipinski definition) is 1. The van der Waals surface area contributed by atoms with Gasteiger partial charge in [-0.3, -0.25) is 14.6 Å². The van der Waals surface area contributed by atoms with Crippen molar-refractivity contribution in [1.29, 1.82) is 0 Å². The molecule has 1 amide bonds. The molecule has 4 rings (SSSR count). The fourth-order valence-corrected chi connectivity index (χ4v) is 3.50. The highest BCUT2D eigenvalue weighted by Gasteiger charge is 2.25. The third-order valence-corrected chi connectivity index (χ3v) is 5.03. The minimum atomic E-state index is -0.584. The molecule has 0 unspecified atom stereocenters. The number of aromatic amines is 1. The predicted octanol–water partition coefficient (Wildman–Crippen LogP) is 0.770. The van der Waals surface area contributed by atoms with E-state index in [2.05, 4.69) is 14.9 Å². The number of para-hydroxylation sites is 1. The van der Waals surface area contributed by atoms with Crippen LogP contribution >= 0.6 is 0 Å². The number of rotatable bonds is 2. The Morgan fingerprint density at radius 3 is 2.43 bits per heavy atom. The molecule has 0 aliphatic carbocycles. The number of carbonyl (C=O) groups excluding carboxylic acids is 1. The topological polar surface area (TPSA) is 91.3 Å². The smallest absolute Gasteiger partial charge is 0.334 e. The van der Waals surface area contributed by atoms with Gasteiger partial charge >= 0.3 is 5.69 Å². The van der Waals surface area contributed by atoms with Crippen molar-refractivity contribution in [3.63, 3.8) is 0 Å². The van der Waals surface area contributed by atoms with E-state index in [0.717, 1.165) is 17.7 Å². The van der Waals surface area contributed by atoms with Gasteiger partial charge in [0, 0.05) is 31.9 Å². The van der Waals surface area contributed by atoms with Crippen molar-refractivity contribution in [2.75, 3.05) is 33.2 Å². The number of nitrogens with one attached hydrogen (secondary N) is 1. The predicted molar refractivity (Wildman–Crippen MR) is 106 cm³/mol. The molecule has 8 heteroatoms. The minimum Gasteiger partial charge on any atom is -0.336 e. The lowest BCUT2D eigenvalue weighted by Gasteiger charge is -2.32.